The summed E-state index contributed by atoms with van der Waals surface area (Å²) in [6.07, 6.45) is 2.88. The van der Waals surface area contributed by atoms with Gasteiger partial charge in [-0.2, -0.15) is 10.4 Å². The van der Waals surface area contributed by atoms with E-state index in [4.69, 9.17) is 21.1 Å². The van der Waals surface area contributed by atoms with E-state index < -0.39 is 23.6 Å². The van der Waals surface area contributed by atoms with Crippen molar-refractivity contribution >= 4 is 47.2 Å². The number of piperazine rings is 1. The van der Waals surface area contributed by atoms with E-state index >= 15 is 0 Å². The lowest BCUT2D eigenvalue weighted by molar-refractivity contribution is 0.0145. The van der Waals surface area contributed by atoms with E-state index in [0.717, 1.165) is 0 Å². The number of carbonyl (C=O) groups excluding carboxylic acids is 1. The van der Waals surface area contributed by atoms with Crippen molar-refractivity contribution in [2.75, 3.05) is 43.3 Å². The number of hydrazone groups is 1. The Morgan fingerprint density at radius 3 is 2.81 bits per heavy atom. The molecule has 1 amide bonds. The minimum absolute atomic E-state index is 0.0700. The Hall–Kier alpha value is -3.30. The number of ether oxygens (including phenoxy) is 2. The summed E-state index contributed by atoms with van der Waals surface area (Å²) < 4.78 is 25.0. The summed E-state index contributed by atoms with van der Waals surface area (Å²) in [5.74, 6) is 0.242. The van der Waals surface area contributed by atoms with Gasteiger partial charge in [-0.15, -0.1) is 0 Å². The maximum Gasteiger partial charge on any atom is 0.410 e. The van der Waals surface area contributed by atoms with Gasteiger partial charge in [-0.05, 0) is 39.2 Å². The van der Waals surface area contributed by atoms with Crippen molar-refractivity contribution in [2.45, 2.75) is 44.0 Å². The van der Waals surface area contributed by atoms with E-state index in [9.17, 15) is 14.4 Å². The van der Waals surface area contributed by atoms with Crippen LogP contribution < -0.4 is 15.1 Å². The van der Waals surface area contributed by atoms with Crippen LogP contribution in [-0.2, 0) is 4.74 Å². The molecule has 0 spiro atoms. The number of amides is 1. The zero-order valence-electron chi connectivity index (χ0n) is 21.3. The molecule has 0 aliphatic carbocycles. The molecule has 1 saturated heterocycles. The number of para-hydroxylation sites is 1. The molecule has 37 heavy (non-hydrogen) atoms. The predicted octanol–water partition coefficient (Wildman–Crippen LogP) is 4.78. The van der Waals surface area contributed by atoms with E-state index in [0.29, 0.717) is 36.2 Å². The number of anilines is 2. The molecule has 10 nitrogen and oxygen atoms in total. The second-order valence-electron chi connectivity index (χ2n) is 9.06. The first kappa shape index (κ1) is 28.3. The van der Waals surface area contributed by atoms with Crippen molar-refractivity contribution in [1.82, 2.24) is 14.9 Å². The van der Waals surface area contributed by atoms with Crippen molar-refractivity contribution in [3.05, 3.63) is 34.7 Å². The summed E-state index contributed by atoms with van der Waals surface area (Å²) in [6.45, 7) is 6.44. The van der Waals surface area contributed by atoms with Crippen molar-refractivity contribution in [3.63, 3.8) is 0 Å². The van der Waals surface area contributed by atoms with Gasteiger partial charge in [-0.25, -0.2) is 19.2 Å². The lowest BCUT2D eigenvalue weighted by atomic mass is 10.1. The normalized spacial score (nSPS) is 16.0. The number of nitrogens with zero attached hydrogens (tertiary/aromatic N) is 6. The first-order valence-electron chi connectivity index (χ1n) is 11.4. The van der Waals surface area contributed by atoms with E-state index in [-0.39, 0.29) is 23.0 Å². The number of carbonyl (C=O) groups is 1. The van der Waals surface area contributed by atoms with Gasteiger partial charge in [0.15, 0.2) is 11.0 Å². The number of methoxy groups -OCH3 is 1. The molecule has 1 aromatic carbocycles. The van der Waals surface area contributed by atoms with Crippen LogP contribution in [0.2, 0.25) is 5.15 Å². The SMILES string of the molecule is COc1cccc(F)c1N/N=C/c1c(Cl)nc(SC)nc1N1CCN(C(=O)OC(C)(C)C)C(CC#N)C1. The summed E-state index contributed by atoms with van der Waals surface area (Å²) >= 11 is 7.83. The number of aromatic nitrogens is 2. The monoisotopic (exact) mass is 549 g/mol. The Bertz CT molecular complexity index is 1200. The fourth-order valence-electron chi connectivity index (χ4n) is 3.69. The van der Waals surface area contributed by atoms with Crippen molar-refractivity contribution < 1.29 is 18.7 Å². The first-order chi connectivity index (χ1) is 17.6. The van der Waals surface area contributed by atoms with Gasteiger partial charge in [-0.1, -0.05) is 29.4 Å². The Labute approximate surface area is 224 Å². The Balaban J connectivity index is 1.90. The number of hydrogen-bond acceptors (Lipinski definition) is 10. The summed E-state index contributed by atoms with van der Waals surface area (Å²) in [6, 6.07) is 6.15. The van der Waals surface area contributed by atoms with Crippen LogP contribution in [0.15, 0.2) is 28.5 Å². The maximum absolute atomic E-state index is 14.3. The van der Waals surface area contributed by atoms with Crippen LogP contribution in [0.5, 0.6) is 5.75 Å². The molecule has 2 heterocycles. The predicted molar refractivity (Wildman–Crippen MR) is 142 cm³/mol. The third kappa shape index (κ3) is 7.14. The molecule has 198 valence electrons. The molecular weight excluding hydrogens is 521 g/mol. The molecule has 2 aromatic rings. The average Bonchev–Trinajstić information content (AvgIpc) is 2.84. The number of nitrogens with one attached hydrogen (secondary N) is 1. The van der Waals surface area contributed by atoms with Crippen LogP contribution >= 0.6 is 23.4 Å². The highest BCUT2D eigenvalue weighted by Gasteiger charge is 2.34. The second-order valence-corrected chi connectivity index (χ2v) is 10.2. The molecule has 0 saturated carbocycles. The fourth-order valence-corrected chi connectivity index (χ4v) is 4.31. The van der Waals surface area contributed by atoms with Crippen molar-refractivity contribution in [1.29, 1.82) is 5.26 Å². The zero-order valence-corrected chi connectivity index (χ0v) is 22.9. The van der Waals surface area contributed by atoms with Crippen molar-refractivity contribution in [3.8, 4) is 11.8 Å². The van der Waals surface area contributed by atoms with Crippen LogP contribution in [0.25, 0.3) is 0 Å². The van der Waals surface area contributed by atoms with Gasteiger partial charge in [0, 0.05) is 19.6 Å². The number of rotatable bonds is 7. The molecule has 1 aliphatic heterocycles. The molecule has 1 unspecified atom stereocenters. The number of thioether (sulfide) groups is 1. The molecule has 1 atom stereocenters. The molecule has 1 fully saturated rings. The van der Waals surface area contributed by atoms with Crippen LogP contribution in [-0.4, -0.2) is 71.8 Å². The Kier molecular flexibility index (Phi) is 9.39. The molecule has 1 N–H and O–H groups in total. The quantitative estimate of drug-likeness (QED) is 0.171. The summed E-state index contributed by atoms with van der Waals surface area (Å²) in [4.78, 5) is 25.2. The number of nitriles is 1. The third-order valence-corrected chi connectivity index (χ3v) is 6.18. The van der Waals surface area contributed by atoms with Gasteiger partial charge in [0.1, 0.15) is 28.0 Å². The van der Waals surface area contributed by atoms with Gasteiger partial charge in [0.2, 0.25) is 0 Å². The third-order valence-electron chi connectivity index (χ3n) is 5.34. The molecule has 3 rings (SSSR count). The van der Waals surface area contributed by atoms with Crippen LogP contribution in [0.4, 0.5) is 20.7 Å². The minimum atomic E-state index is -0.656. The van der Waals surface area contributed by atoms with Gasteiger partial charge in [-0.3, -0.25) is 5.43 Å². The summed E-state index contributed by atoms with van der Waals surface area (Å²) in [5.41, 5.74) is 2.48. The van der Waals surface area contributed by atoms with Crippen molar-refractivity contribution in [2.24, 2.45) is 5.10 Å². The Morgan fingerprint density at radius 1 is 1.41 bits per heavy atom. The highest BCUT2D eigenvalue weighted by molar-refractivity contribution is 7.98. The first-order valence-corrected chi connectivity index (χ1v) is 13.0. The highest BCUT2D eigenvalue weighted by Crippen LogP contribution is 2.30. The lowest BCUT2D eigenvalue weighted by Crippen LogP contribution is -2.56. The van der Waals surface area contributed by atoms with Gasteiger partial charge < -0.3 is 19.3 Å². The highest BCUT2D eigenvalue weighted by atomic mass is 35.5. The van der Waals surface area contributed by atoms with Crippen LogP contribution in [0, 0.1) is 17.1 Å². The molecular formula is C24H29ClFN7O3S. The number of halogens is 2. The maximum atomic E-state index is 14.3. The van der Waals surface area contributed by atoms with E-state index in [1.807, 2.05) is 11.2 Å². The van der Waals surface area contributed by atoms with E-state index in [1.165, 1.54) is 37.2 Å². The zero-order chi connectivity index (χ0) is 27.2. The smallest absolute Gasteiger partial charge is 0.410 e. The molecule has 1 aliphatic rings. The summed E-state index contributed by atoms with van der Waals surface area (Å²) in [5, 5.41) is 14.2. The molecule has 0 bridgehead atoms. The largest absolute Gasteiger partial charge is 0.494 e. The summed E-state index contributed by atoms with van der Waals surface area (Å²) in [7, 11) is 1.43. The van der Waals surface area contributed by atoms with Gasteiger partial charge in [0.25, 0.3) is 0 Å². The Morgan fingerprint density at radius 2 is 2.16 bits per heavy atom. The van der Waals surface area contributed by atoms with Gasteiger partial charge >= 0.3 is 6.09 Å². The lowest BCUT2D eigenvalue weighted by Gasteiger charge is -2.41. The second kappa shape index (κ2) is 12.3. The topological polar surface area (TPSA) is 116 Å². The molecule has 13 heteroatoms. The van der Waals surface area contributed by atoms with E-state index in [2.05, 4.69) is 26.6 Å². The molecule has 0 radical (unpaired) electrons. The van der Waals surface area contributed by atoms with Gasteiger partial charge in [0.05, 0.1) is 37.4 Å². The fraction of sp³-hybridized carbons (Fsp3) is 0.458. The molecule has 1 aromatic heterocycles. The number of benzene rings is 1. The van der Waals surface area contributed by atoms with E-state index in [1.54, 1.807) is 31.7 Å². The number of hydrogen-bond donors (Lipinski definition) is 1. The van der Waals surface area contributed by atoms with Crippen LogP contribution in [0.3, 0.4) is 0 Å². The van der Waals surface area contributed by atoms with Crippen LogP contribution in [0.1, 0.15) is 32.8 Å². The standard InChI is InChI=1S/C24H29ClFN7O3S/c1-24(2,3)36-23(34)33-12-11-32(14-15(33)9-10-27)21-16(20(25)29-22(30-21)37-5)13-28-31-19-17(26)7-6-8-18(19)35-4/h6-8,13,15,31H,9,11-12,14H2,1-5H3/b28-13+. The average molecular weight is 550 g/mol. The minimum Gasteiger partial charge on any atom is -0.494 e.